The van der Waals surface area contributed by atoms with Gasteiger partial charge < -0.3 is 10.5 Å². The molecule has 0 aromatic carbocycles. The minimum Gasteiger partial charge on any atom is -0.379 e. The maximum Gasteiger partial charge on any atom is 0.0646 e. The van der Waals surface area contributed by atoms with Gasteiger partial charge in [-0.15, -0.1) is 6.58 Å². The average Bonchev–Trinajstić information content (AvgIpc) is 2.12. The molecule has 0 aliphatic heterocycles. The largest absolute Gasteiger partial charge is 0.379 e. The van der Waals surface area contributed by atoms with E-state index < -0.39 is 0 Å². The molecule has 0 amide bonds. The van der Waals surface area contributed by atoms with E-state index in [9.17, 15) is 0 Å². The summed E-state index contributed by atoms with van der Waals surface area (Å²) in [5.74, 6) is 0. The lowest BCUT2D eigenvalue weighted by Crippen LogP contribution is -2.43. The summed E-state index contributed by atoms with van der Waals surface area (Å²) in [6.45, 7) is 9.22. The van der Waals surface area contributed by atoms with E-state index in [4.69, 9.17) is 10.5 Å². The highest BCUT2D eigenvalue weighted by Crippen LogP contribution is 2.11. The first kappa shape index (κ1) is 11.7. The Balaban J connectivity index is 3.51. The van der Waals surface area contributed by atoms with Gasteiger partial charge in [-0.1, -0.05) is 19.9 Å². The molecule has 0 rings (SSSR count). The van der Waals surface area contributed by atoms with E-state index in [1.54, 1.807) is 0 Å². The fourth-order valence-corrected chi connectivity index (χ4v) is 0.896. The fourth-order valence-electron chi connectivity index (χ4n) is 0.896. The zero-order valence-corrected chi connectivity index (χ0v) is 8.31. The van der Waals surface area contributed by atoms with Crippen molar-refractivity contribution in [2.45, 2.75) is 38.6 Å². The molecule has 2 nitrogen and oxygen atoms in total. The van der Waals surface area contributed by atoms with Gasteiger partial charge in [-0.3, -0.25) is 0 Å². The van der Waals surface area contributed by atoms with Gasteiger partial charge in [0, 0.05) is 5.54 Å². The summed E-state index contributed by atoms with van der Waals surface area (Å²) in [5.41, 5.74) is 5.90. The highest BCUT2D eigenvalue weighted by atomic mass is 16.5. The van der Waals surface area contributed by atoms with E-state index >= 15 is 0 Å². The number of nitrogens with two attached hydrogens (primary N) is 1. The molecule has 0 saturated heterocycles. The van der Waals surface area contributed by atoms with Crippen LogP contribution in [0.1, 0.15) is 33.1 Å². The van der Waals surface area contributed by atoms with Gasteiger partial charge in [0.1, 0.15) is 0 Å². The number of hydrogen-bond donors (Lipinski definition) is 1. The van der Waals surface area contributed by atoms with Gasteiger partial charge in [0.05, 0.1) is 13.2 Å². The summed E-state index contributed by atoms with van der Waals surface area (Å²) >= 11 is 0. The molecule has 0 radical (unpaired) electrons. The lowest BCUT2D eigenvalue weighted by atomic mass is 9.96. The van der Waals surface area contributed by atoms with Gasteiger partial charge >= 0.3 is 0 Å². The molecule has 0 aliphatic carbocycles. The topological polar surface area (TPSA) is 35.2 Å². The number of hydrogen-bond acceptors (Lipinski definition) is 2. The Morgan fingerprint density at radius 1 is 1.42 bits per heavy atom. The van der Waals surface area contributed by atoms with Crippen LogP contribution in [0, 0.1) is 0 Å². The Morgan fingerprint density at radius 2 is 2.00 bits per heavy atom. The fraction of sp³-hybridized carbons (Fsp3) is 0.800. The van der Waals surface area contributed by atoms with Crippen LogP contribution in [0.15, 0.2) is 12.7 Å². The predicted octanol–water partition coefficient (Wildman–Crippen LogP) is 2.10. The molecule has 72 valence electrons. The van der Waals surface area contributed by atoms with Crippen molar-refractivity contribution in [3.63, 3.8) is 0 Å². The summed E-state index contributed by atoms with van der Waals surface area (Å²) in [7, 11) is 0. The molecule has 0 aliphatic rings. The number of ether oxygens (including phenoxy) is 1. The van der Waals surface area contributed by atoms with E-state index in [-0.39, 0.29) is 5.54 Å². The third kappa shape index (κ3) is 4.52. The normalized spacial score (nSPS) is 11.6. The van der Waals surface area contributed by atoms with Gasteiger partial charge in [0.15, 0.2) is 0 Å². The quantitative estimate of drug-likeness (QED) is 0.470. The summed E-state index contributed by atoms with van der Waals surface area (Å²) < 4.78 is 5.42. The molecule has 0 unspecified atom stereocenters. The molecule has 2 N–H and O–H groups in total. The zero-order chi connectivity index (χ0) is 9.45. The Kier molecular flexibility index (Phi) is 6.03. The summed E-state index contributed by atoms with van der Waals surface area (Å²) in [6, 6.07) is 0. The second-order valence-electron chi connectivity index (χ2n) is 3.20. The second kappa shape index (κ2) is 6.21. The van der Waals surface area contributed by atoms with E-state index in [0.717, 1.165) is 25.9 Å². The first-order valence-corrected chi connectivity index (χ1v) is 4.66. The maximum atomic E-state index is 6.03. The van der Waals surface area contributed by atoms with Crippen molar-refractivity contribution in [2.75, 3.05) is 13.2 Å². The van der Waals surface area contributed by atoms with E-state index in [1.165, 1.54) is 0 Å². The van der Waals surface area contributed by atoms with Crippen molar-refractivity contribution in [1.82, 2.24) is 0 Å². The van der Waals surface area contributed by atoms with Crippen LogP contribution in [0.4, 0.5) is 0 Å². The Morgan fingerprint density at radius 3 is 2.42 bits per heavy atom. The Bertz CT molecular complexity index is 119. The third-order valence-corrected chi connectivity index (χ3v) is 2.26. The first-order valence-electron chi connectivity index (χ1n) is 4.66. The standard InChI is InChI=1S/C10H21NO/c1-4-7-8-12-9-10(11,5-2)6-3/h4H,1,5-9,11H2,2-3H3. The van der Waals surface area contributed by atoms with Crippen LogP contribution in [0.2, 0.25) is 0 Å². The molecule has 0 fully saturated rings. The minimum atomic E-state index is -0.124. The zero-order valence-electron chi connectivity index (χ0n) is 8.31. The molecule has 0 aromatic rings. The molecule has 0 spiro atoms. The van der Waals surface area contributed by atoms with Crippen LogP contribution < -0.4 is 5.73 Å². The smallest absolute Gasteiger partial charge is 0.0646 e. The molecule has 0 heterocycles. The first-order chi connectivity index (χ1) is 5.68. The SMILES string of the molecule is C=CCCOCC(N)(CC)CC. The van der Waals surface area contributed by atoms with Crippen LogP contribution >= 0.6 is 0 Å². The van der Waals surface area contributed by atoms with E-state index in [2.05, 4.69) is 20.4 Å². The predicted molar refractivity (Wildman–Crippen MR) is 53.1 cm³/mol. The molecular formula is C10H21NO. The van der Waals surface area contributed by atoms with Crippen LogP contribution in [0.5, 0.6) is 0 Å². The second-order valence-corrected chi connectivity index (χ2v) is 3.20. The van der Waals surface area contributed by atoms with Gasteiger partial charge in [0.25, 0.3) is 0 Å². The maximum absolute atomic E-state index is 6.03. The highest BCUT2D eigenvalue weighted by Gasteiger charge is 2.19. The van der Waals surface area contributed by atoms with E-state index in [0.29, 0.717) is 6.61 Å². The van der Waals surface area contributed by atoms with Crippen molar-refractivity contribution in [3.8, 4) is 0 Å². The summed E-state index contributed by atoms with van der Waals surface area (Å²) in [4.78, 5) is 0. The summed E-state index contributed by atoms with van der Waals surface area (Å²) in [6.07, 6.45) is 4.70. The van der Waals surface area contributed by atoms with Crippen molar-refractivity contribution >= 4 is 0 Å². The lowest BCUT2D eigenvalue weighted by Gasteiger charge is -2.26. The molecular weight excluding hydrogens is 150 g/mol. The van der Waals surface area contributed by atoms with Crippen molar-refractivity contribution in [3.05, 3.63) is 12.7 Å². The van der Waals surface area contributed by atoms with Crippen LogP contribution in [0.3, 0.4) is 0 Å². The number of rotatable bonds is 7. The van der Waals surface area contributed by atoms with E-state index in [1.807, 2.05) is 6.08 Å². The molecule has 2 heteroatoms. The van der Waals surface area contributed by atoms with Crippen LogP contribution in [0.25, 0.3) is 0 Å². The Labute approximate surface area is 75.8 Å². The van der Waals surface area contributed by atoms with Crippen LogP contribution in [-0.2, 0) is 4.74 Å². The van der Waals surface area contributed by atoms with Gasteiger partial charge in [-0.2, -0.15) is 0 Å². The molecule has 0 atom stereocenters. The molecule has 0 aromatic heterocycles. The van der Waals surface area contributed by atoms with Crippen molar-refractivity contribution in [2.24, 2.45) is 5.73 Å². The monoisotopic (exact) mass is 171 g/mol. The molecule has 0 saturated carbocycles. The van der Waals surface area contributed by atoms with Gasteiger partial charge in [-0.05, 0) is 19.3 Å². The molecule has 0 bridgehead atoms. The third-order valence-electron chi connectivity index (χ3n) is 2.26. The minimum absolute atomic E-state index is 0.124. The average molecular weight is 171 g/mol. The highest BCUT2D eigenvalue weighted by molar-refractivity contribution is 4.80. The van der Waals surface area contributed by atoms with Crippen LogP contribution in [-0.4, -0.2) is 18.8 Å². The summed E-state index contributed by atoms with van der Waals surface area (Å²) in [5, 5.41) is 0. The van der Waals surface area contributed by atoms with Crippen molar-refractivity contribution < 1.29 is 4.74 Å². The van der Waals surface area contributed by atoms with Crippen molar-refractivity contribution in [1.29, 1.82) is 0 Å². The lowest BCUT2D eigenvalue weighted by molar-refractivity contribution is 0.0842. The van der Waals surface area contributed by atoms with Gasteiger partial charge in [-0.25, -0.2) is 0 Å². The molecule has 12 heavy (non-hydrogen) atoms. The van der Waals surface area contributed by atoms with Gasteiger partial charge in [0.2, 0.25) is 0 Å². The Hall–Kier alpha value is -0.340.